The van der Waals surface area contributed by atoms with Crippen LogP contribution in [-0.4, -0.2) is 86.0 Å². The van der Waals surface area contributed by atoms with E-state index in [1.54, 1.807) is 0 Å². The molecule has 29 heavy (non-hydrogen) atoms. The summed E-state index contributed by atoms with van der Waals surface area (Å²) in [6, 6.07) is 7.54. The number of carbonyl (C=O) groups excluding carboxylic acids is 1. The number of guanidine groups is 1. The Morgan fingerprint density at radius 2 is 1.83 bits per heavy atom. The lowest BCUT2D eigenvalue weighted by molar-refractivity contribution is -0.131. The summed E-state index contributed by atoms with van der Waals surface area (Å²) in [5, 5.41) is 4.21. The Balaban J connectivity index is 1.41. The van der Waals surface area contributed by atoms with Gasteiger partial charge < -0.3 is 20.0 Å². The highest BCUT2D eigenvalue weighted by molar-refractivity contribution is 6.30. The molecule has 1 unspecified atom stereocenters. The number of likely N-dealkylation sites (tertiary alicyclic amines) is 1. The molecule has 0 bridgehead atoms. The second-order valence-corrected chi connectivity index (χ2v) is 8.65. The van der Waals surface area contributed by atoms with Gasteiger partial charge in [-0.15, -0.1) is 0 Å². The Hall–Kier alpha value is -1.79. The number of rotatable bonds is 6. The van der Waals surface area contributed by atoms with Crippen LogP contribution in [0, 0.1) is 5.92 Å². The molecule has 2 aliphatic rings. The third-order valence-corrected chi connectivity index (χ3v) is 6.00. The molecule has 2 fully saturated rings. The molecule has 7 heteroatoms. The fourth-order valence-corrected chi connectivity index (χ4v) is 4.38. The summed E-state index contributed by atoms with van der Waals surface area (Å²) in [7, 11) is 1.84. The van der Waals surface area contributed by atoms with Crippen molar-refractivity contribution in [2.45, 2.75) is 26.2 Å². The number of carbonyl (C=O) groups is 1. The van der Waals surface area contributed by atoms with Gasteiger partial charge in [-0.1, -0.05) is 30.7 Å². The van der Waals surface area contributed by atoms with Gasteiger partial charge >= 0.3 is 0 Å². The number of nitrogens with zero attached hydrogens (tertiary/aromatic N) is 4. The number of piperazine rings is 1. The summed E-state index contributed by atoms with van der Waals surface area (Å²) >= 11 is 6.03. The Labute approximate surface area is 179 Å². The van der Waals surface area contributed by atoms with Crippen molar-refractivity contribution < 1.29 is 4.79 Å². The minimum absolute atomic E-state index is 0.161. The molecule has 2 aliphatic heterocycles. The molecular formula is C22H34ClN5O. The summed E-state index contributed by atoms with van der Waals surface area (Å²) in [4.78, 5) is 23.8. The Morgan fingerprint density at radius 3 is 2.48 bits per heavy atom. The van der Waals surface area contributed by atoms with E-state index >= 15 is 0 Å². The predicted molar refractivity (Wildman–Crippen MR) is 120 cm³/mol. The van der Waals surface area contributed by atoms with Crippen molar-refractivity contribution in [1.29, 1.82) is 0 Å². The van der Waals surface area contributed by atoms with E-state index in [9.17, 15) is 4.79 Å². The molecule has 0 spiro atoms. The lowest BCUT2D eigenvalue weighted by atomic mass is 10.1. The van der Waals surface area contributed by atoms with Gasteiger partial charge in [0.25, 0.3) is 0 Å². The molecular weight excluding hydrogens is 386 g/mol. The first kappa shape index (κ1) is 21.9. The van der Waals surface area contributed by atoms with Crippen LogP contribution in [-0.2, 0) is 11.2 Å². The zero-order valence-corrected chi connectivity index (χ0v) is 18.5. The first-order valence-electron chi connectivity index (χ1n) is 10.8. The molecule has 0 radical (unpaired) electrons. The second kappa shape index (κ2) is 10.8. The van der Waals surface area contributed by atoms with E-state index < -0.39 is 0 Å². The van der Waals surface area contributed by atoms with E-state index in [1.165, 1.54) is 25.9 Å². The smallest absolute Gasteiger partial charge is 0.227 e. The lowest BCUT2D eigenvalue weighted by Gasteiger charge is -2.37. The lowest BCUT2D eigenvalue weighted by Crippen LogP contribution is -2.54. The van der Waals surface area contributed by atoms with Crippen LogP contribution in [0.4, 0.5) is 0 Å². The van der Waals surface area contributed by atoms with Gasteiger partial charge in [0.05, 0.1) is 6.42 Å². The number of nitrogens with one attached hydrogen (secondary N) is 1. The van der Waals surface area contributed by atoms with Crippen LogP contribution in [0.1, 0.15) is 25.3 Å². The molecule has 2 saturated heterocycles. The van der Waals surface area contributed by atoms with Crippen LogP contribution >= 0.6 is 11.6 Å². The summed E-state index contributed by atoms with van der Waals surface area (Å²) in [6.45, 7) is 9.92. The number of aliphatic imine (C=N–C) groups is 1. The van der Waals surface area contributed by atoms with E-state index in [4.69, 9.17) is 11.6 Å². The number of hydrogen-bond acceptors (Lipinski definition) is 3. The van der Waals surface area contributed by atoms with Crippen LogP contribution in [0.2, 0.25) is 5.02 Å². The molecule has 1 aromatic rings. The minimum Gasteiger partial charge on any atom is -0.356 e. The molecule has 2 heterocycles. The summed E-state index contributed by atoms with van der Waals surface area (Å²) in [5.41, 5.74) is 0.967. The van der Waals surface area contributed by atoms with Crippen molar-refractivity contribution in [3.8, 4) is 0 Å². The standard InChI is InChI=1S/C22H34ClN5O/c1-18(17-26-8-3-4-9-26)16-25-22(24-2)28-12-10-27(11-13-28)21(29)15-19-6-5-7-20(23)14-19/h5-7,14,18H,3-4,8-13,15-17H2,1-2H3,(H,24,25). The normalized spacial score (nSPS) is 19.5. The van der Waals surface area contributed by atoms with Gasteiger partial charge in [-0.05, 0) is 49.5 Å². The third kappa shape index (κ3) is 6.61. The fourth-order valence-electron chi connectivity index (χ4n) is 4.17. The number of halogens is 1. The van der Waals surface area contributed by atoms with E-state index in [-0.39, 0.29) is 5.91 Å². The average molecular weight is 420 g/mol. The van der Waals surface area contributed by atoms with Gasteiger partial charge in [-0.25, -0.2) is 0 Å². The minimum atomic E-state index is 0.161. The highest BCUT2D eigenvalue weighted by atomic mass is 35.5. The van der Waals surface area contributed by atoms with E-state index in [1.807, 2.05) is 36.2 Å². The van der Waals surface area contributed by atoms with Gasteiger partial charge in [0.1, 0.15) is 0 Å². The monoisotopic (exact) mass is 419 g/mol. The largest absolute Gasteiger partial charge is 0.356 e. The van der Waals surface area contributed by atoms with Crippen molar-refractivity contribution >= 4 is 23.5 Å². The van der Waals surface area contributed by atoms with Crippen LogP contribution in [0.3, 0.4) is 0 Å². The van der Waals surface area contributed by atoms with Crippen LogP contribution in [0.25, 0.3) is 0 Å². The fraction of sp³-hybridized carbons (Fsp3) is 0.636. The van der Waals surface area contributed by atoms with E-state index in [2.05, 4.69) is 27.0 Å². The zero-order chi connectivity index (χ0) is 20.6. The second-order valence-electron chi connectivity index (χ2n) is 8.22. The topological polar surface area (TPSA) is 51.2 Å². The van der Waals surface area contributed by atoms with Crippen LogP contribution in [0.15, 0.2) is 29.3 Å². The quantitative estimate of drug-likeness (QED) is 0.568. The number of hydrogen-bond donors (Lipinski definition) is 1. The van der Waals surface area contributed by atoms with Crippen molar-refractivity contribution in [3.05, 3.63) is 34.9 Å². The summed E-state index contributed by atoms with van der Waals surface area (Å²) in [6.07, 6.45) is 3.08. The van der Waals surface area contributed by atoms with Crippen molar-refractivity contribution in [2.24, 2.45) is 10.9 Å². The third-order valence-electron chi connectivity index (χ3n) is 5.77. The molecule has 0 aromatic heterocycles. The predicted octanol–water partition coefficient (Wildman–Crippen LogP) is 2.33. The molecule has 1 aromatic carbocycles. The maximum absolute atomic E-state index is 12.6. The molecule has 0 saturated carbocycles. The molecule has 3 rings (SSSR count). The van der Waals surface area contributed by atoms with Crippen molar-refractivity contribution in [2.75, 3.05) is 59.4 Å². The molecule has 1 N–H and O–H groups in total. The van der Waals surface area contributed by atoms with Crippen molar-refractivity contribution in [1.82, 2.24) is 20.0 Å². The van der Waals surface area contributed by atoms with Crippen molar-refractivity contribution in [3.63, 3.8) is 0 Å². The van der Waals surface area contributed by atoms with Crippen LogP contribution < -0.4 is 5.32 Å². The Bertz CT molecular complexity index is 696. The number of amides is 1. The highest BCUT2D eigenvalue weighted by Crippen LogP contribution is 2.13. The van der Waals surface area contributed by atoms with Gasteiger partial charge in [0, 0.05) is 51.3 Å². The average Bonchev–Trinajstić information content (AvgIpc) is 3.22. The van der Waals surface area contributed by atoms with E-state index in [0.717, 1.165) is 50.8 Å². The number of benzene rings is 1. The summed E-state index contributed by atoms with van der Waals surface area (Å²) < 4.78 is 0. The first-order chi connectivity index (χ1) is 14.0. The Kier molecular flexibility index (Phi) is 8.19. The Morgan fingerprint density at radius 1 is 1.14 bits per heavy atom. The SMILES string of the molecule is CN=C(NCC(C)CN1CCCC1)N1CCN(C(=O)Cc2cccc(Cl)c2)CC1. The molecule has 160 valence electrons. The molecule has 1 amide bonds. The molecule has 1 atom stereocenters. The van der Waals surface area contributed by atoms with E-state index in [0.29, 0.717) is 17.4 Å². The van der Waals surface area contributed by atoms with Crippen LogP contribution in [0.5, 0.6) is 0 Å². The van der Waals surface area contributed by atoms with Gasteiger partial charge in [-0.3, -0.25) is 9.79 Å². The summed E-state index contributed by atoms with van der Waals surface area (Å²) in [5.74, 6) is 1.69. The maximum Gasteiger partial charge on any atom is 0.227 e. The maximum atomic E-state index is 12.6. The highest BCUT2D eigenvalue weighted by Gasteiger charge is 2.23. The zero-order valence-electron chi connectivity index (χ0n) is 17.7. The molecule has 6 nitrogen and oxygen atoms in total. The van der Waals surface area contributed by atoms with Gasteiger partial charge in [0.2, 0.25) is 5.91 Å². The van der Waals surface area contributed by atoms with Gasteiger partial charge in [0.15, 0.2) is 5.96 Å². The first-order valence-corrected chi connectivity index (χ1v) is 11.1. The van der Waals surface area contributed by atoms with Gasteiger partial charge in [-0.2, -0.15) is 0 Å². The molecule has 0 aliphatic carbocycles.